The number of hydrogen-bond donors (Lipinski definition) is 1. The standard InChI is InChI=1S/C9H9ClN3O2/c1-2-15-9(14)7-5-6(12-13-11)3-4-8(7)10/h3-5H,2H2,1H3,(H-,11,12)/q-1. The lowest BCUT2D eigenvalue weighted by molar-refractivity contribution is 0.0526. The topological polar surface area (TPSA) is 73.0 Å². The van der Waals surface area contributed by atoms with E-state index < -0.39 is 5.97 Å². The highest BCUT2D eigenvalue weighted by Crippen LogP contribution is 2.21. The molecule has 0 aliphatic carbocycles. The van der Waals surface area contributed by atoms with Crippen molar-refractivity contribution in [2.45, 2.75) is 6.92 Å². The Hall–Kier alpha value is -1.62. The third-order valence-corrected chi connectivity index (χ3v) is 1.97. The number of anilines is 1. The summed E-state index contributed by atoms with van der Waals surface area (Å²) in [5.74, 6) is -0.510. The highest BCUT2D eigenvalue weighted by atomic mass is 35.5. The largest absolute Gasteiger partial charge is 0.462 e. The van der Waals surface area contributed by atoms with Gasteiger partial charge in [0.25, 0.3) is 0 Å². The van der Waals surface area contributed by atoms with Crippen molar-refractivity contribution >= 4 is 23.3 Å². The van der Waals surface area contributed by atoms with Gasteiger partial charge in [-0.25, -0.2) is 4.79 Å². The van der Waals surface area contributed by atoms with Gasteiger partial charge in [-0.3, -0.25) is 5.22 Å². The normalized spacial score (nSPS) is 9.47. The molecule has 0 fully saturated rings. The summed E-state index contributed by atoms with van der Waals surface area (Å²) in [5, 5.41) is 3.03. The zero-order valence-electron chi connectivity index (χ0n) is 8.03. The minimum absolute atomic E-state index is 0.229. The van der Waals surface area contributed by atoms with Crippen LogP contribution in [-0.4, -0.2) is 12.6 Å². The monoisotopic (exact) mass is 226 g/mol. The van der Waals surface area contributed by atoms with Crippen molar-refractivity contribution in [2.75, 3.05) is 12.0 Å². The van der Waals surface area contributed by atoms with Gasteiger partial charge in [0.15, 0.2) is 0 Å². The van der Waals surface area contributed by atoms with Crippen molar-refractivity contribution in [3.63, 3.8) is 0 Å². The van der Waals surface area contributed by atoms with Crippen LogP contribution in [-0.2, 0) is 4.74 Å². The van der Waals surface area contributed by atoms with Gasteiger partial charge >= 0.3 is 5.97 Å². The highest BCUT2D eigenvalue weighted by molar-refractivity contribution is 6.33. The molecule has 0 aromatic heterocycles. The second kappa shape index (κ2) is 5.31. The Balaban J connectivity index is 2.99. The third-order valence-electron chi connectivity index (χ3n) is 1.64. The Morgan fingerprint density at radius 2 is 2.40 bits per heavy atom. The van der Waals surface area contributed by atoms with E-state index in [1.807, 2.05) is 0 Å². The summed E-state index contributed by atoms with van der Waals surface area (Å²) in [6.45, 7) is 1.98. The predicted molar refractivity (Wildman–Crippen MR) is 56.8 cm³/mol. The number of carbonyl (C=O) groups is 1. The summed E-state index contributed by atoms with van der Waals surface area (Å²) in [7, 11) is 0. The maximum absolute atomic E-state index is 11.4. The quantitative estimate of drug-likeness (QED) is 0.487. The molecule has 6 heteroatoms. The molecule has 1 rings (SSSR count). The molecular formula is C9H9ClN3O2-. The van der Waals surface area contributed by atoms with Crippen LogP contribution < -0.4 is 5.43 Å². The zero-order chi connectivity index (χ0) is 11.3. The number of nitrogens with one attached hydrogen (secondary N) is 1. The number of ether oxygens (including phenoxy) is 1. The molecule has 0 saturated carbocycles. The summed E-state index contributed by atoms with van der Waals surface area (Å²) < 4.78 is 4.80. The van der Waals surface area contributed by atoms with Crippen LogP contribution in [0.25, 0.3) is 5.53 Å². The number of rotatable bonds is 4. The highest BCUT2D eigenvalue weighted by Gasteiger charge is 2.10. The maximum Gasteiger partial charge on any atom is 0.339 e. The minimum atomic E-state index is -0.510. The molecule has 1 N–H and O–H groups in total. The van der Waals surface area contributed by atoms with E-state index in [0.717, 1.165) is 0 Å². The fourth-order valence-corrected chi connectivity index (χ4v) is 1.21. The summed E-state index contributed by atoms with van der Waals surface area (Å²) in [5.41, 5.74) is 11.3. The van der Waals surface area contributed by atoms with E-state index in [2.05, 4.69) is 10.6 Å². The number of carbonyl (C=O) groups excluding carboxylic acids is 1. The smallest absolute Gasteiger partial charge is 0.339 e. The van der Waals surface area contributed by atoms with E-state index in [0.29, 0.717) is 5.69 Å². The fourth-order valence-electron chi connectivity index (χ4n) is 1.02. The molecule has 5 nitrogen and oxygen atoms in total. The molecule has 0 radical (unpaired) electrons. The van der Waals surface area contributed by atoms with Crippen molar-refractivity contribution in [1.29, 1.82) is 0 Å². The Morgan fingerprint density at radius 3 is 3.00 bits per heavy atom. The molecule has 1 aromatic carbocycles. The number of nitrogens with zero attached hydrogens (tertiary/aromatic N) is 2. The molecule has 1 aromatic rings. The average molecular weight is 227 g/mol. The van der Waals surface area contributed by atoms with E-state index in [9.17, 15) is 4.79 Å². The Morgan fingerprint density at radius 1 is 1.67 bits per heavy atom. The lowest BCUT2D eigenvalue weighted by atomic mass is 10.2. The van der Waals surface area contributed by atoms with E-state index in [1.165, 1.54) is 12.1 Å². The van der Waals surface area contributed by atoms with Crippen LogP contribution in [0.15, 0.2) is 23.4 Å². The number of benzene rings is 1. The van der Waals surface area contributed by atoms with Gasteiger partial charge in [0.05, 0.1) is 17.2 Å². The predicted octanol–water partition coefficient (Wildman–Crippen LogP) is 2.87. The first-order valence-corrected chi connectivity index (χ1v) is 4.63. The van der Waals surface area contributed by atoms with Crippen LogP contribution in [0.1, 0.15) is 17.3 Å². The van der Waals surface area contributed by atoms with Gasteiger partial charge in [-0.15, -0.1) is 0 Å². The van der Waals surface area contributed by atoms with Gasteiger partial charge in [0.2, 0.25) is 0 Å². The summed E-state index contributed by atoms with van der Waals surface area (Å²) >= 11 is 5.81. The molecule has 0 aliphatic rings. The Labute approximate surface area is 91.9 Å². The number of esters is 1. The first-order chi connectivity index (χ1) is 7.19. The Bertz CT molecular complexity index is 382. The molecule has 0 saturated heterocycles. The molecular weight excluding hydrogens is 218 g/mol. The molecule has 0 aliphatic heterocycles. The van der Waals surface area contributed by atoms with Crippen LogP contribution in [0.5, 0.6) is 0 Å². The molecule has 0 amide bonds. The van der Waals surface area contributed by atoms with E-state index in [4.69, 9.17) is 21.9 Å². The van der Waals surface area contributed by atoms with Gasteiger partial charge in [-0.2, -0.15) is 0 Å². The van der Waals surface area contributed by atoms with Crippen molar-refractivity contribution in [1.82, 2.24) is 0 Å². The summed E-state index contributed by atoms with van der Waals surface area (Å²) in [6.07, 6.45) is 0. The number of halogens is 1. The first kappa shape index (κ1) is 11.5. The van der Waals surface area contributed by atoms with Gasteiger partial charge in [-0.1, -0.05) is 17.7 Å². The molecule has 0 unspecified atom stereocenters. The van der Waals surface area contributed by atoms with Crippen LogP contribution in [0.3, 0.4) is 0 Å². The SMILES string of the molecule is CCOC(=O)c1cc(NN=[N-])ccc1Cl. The van der Waals surface area contributed by atoms with Crippen molar-refractivity contribution < 1.29 is 9.53 Å². The van der Waals surface area contributed by atoms with Crippen molar-refractivity contribution in [2.24, 2.45) is 5.22 Å². The summed E-state index contributed by atoms with van der Waals surface area (Å²) in [6, 6.07) is 4.53. The van der Waals surface area contributed by atoms with E-state index >= 15 is 0 Å². The molecule has 15 heavy (non-hydrogen) atoms. The molecule has 0 atom stereocenters. The van der Waals surface area contributed by atoms with Gasteiger partial charge in [-0.05, 0) is 24.7 Å². The van der Waals surface area contributed by atoms with Gasteiger partial charge < -0.3 is 15.7 Å². The maximum atomic E-state index is 11.4. The zero-order valence-corrected chi connectivity index (χ0v) is 8.78. The first-order valence-electron chi connectivity index (χ1n) is 4.25. The fraction of sp³-hybridized carbons (Fsp3) is 0.222. The minimum Gasteiger partial charge on any atom is -0.462 e. The van der Waals surface area contributed by atoms with Gasteiger partial charge in [0, 0.05) is 0 Å². The molecule has 0 bridgehead atoms. The van der Waals surface area contributed by atoms with E-state index in [1.54, 1.807) is 13.0 Å². The summed E-state index contributed by atoms with van der Waals surface area (Å²) in [4.78, 5) is 11.4. The number of hydrogen-bond acceptors (Lipinski definition) is 3. The molecule has 0 spiro atoms. The van der Waals surface area contributed by atoms with Crippen LogP contribution in [0.2, 0.25) is 5.02 Å². The van der Waals surface area contributed by atoms with Crippen LogP contribution in [0, 0.1) is 0 Å². The van der Waals surface area contributed by atoms with Crippen molar-refractivity contribution in [3.05, 3.63) is 34.3 Å². The molecule has 80 valence electrons. The lowest BCUT2D eigenvalue weighted by Crippen LogP contribution is -2.05. The van der Waals surface area contributed by atoms with Crippen LogP contribution >= 0.6 is 11.6 Å². The Kier molecular flexibility index (Phi) is 4.05. The second-order valence-electron chi connectivity index (χ2n) is 2.63. The van der Waals surface area contributed by atoms with Crippen LogP contribution in [0.4, 0.5) is 5.69 Å². The molecule has 0 heterocycles. The third kappa shape index (κ3) is 2.92. The lowest BCUT2D eigenvalue weighted by Gasteiger charge is -2.09. The van der Waals surface area contributed by atoms with Gasteiger partial charge in [0.1, 0.15) is 0 Å². The van der Waals surface area contributed by atoms with E-state index in [-0.39, 0.29) is 17.2 Å². The van der Waals surface area contributed by atoms with Crippen molar-refractivity contribution in [3.8, 4) is 0 Å². The average Bonchev–Trinajstić information content (AvgIpc) is 2.21. The second-order valence-corrected chi connectivity index (χ2v) is 3.03.